The summed E-state index contributed by atoms with van der Waals surface area (Å²) in [5.41, 5.74) is 3.39. The largest absolute Gasteiger partial charge is 0.496 e. The average molecular weight is 302 g/mol. The van der Waals surface area contributed by atoms with E-state index in [0.717, 1.165) is 16.7 Å². The molecule has 0 heterocycles. The number of benzene rings is 2. The fraction of sp³-hybridized carbons (Fsp3) is 0.278. The van der Waals surface area contributed by atoms with Crippen LogP contribution < -0.4 is 4.74 Å². The normalized spacial score (nSPS) is 12.0. The molecule has 0 bridgehead atoms. The summed E-state index contributed by atoms with van der Waals surface area (Å²) in [5.74, 6) is -1.93. The van der Waals surface area contributed by atoms with Gasteiger partial charge in [0, 0.05) is 5.56 Å². The van der Waals surface area contributed by atoms with E-state index in [1.54, 1.807) is 0 Å². The first-order valence-corrected chi connectivity index (χ1v) is 7.04. The Morgan fingerprint density at radius 2 is 1.95 bits per heavy atom. The number of aliphatic carboxylic acids is 1. The molecule has 1 unspecified atom stereocenters. The van der Waals surface area contributed by atoms with Crippen LogP contribution in [0.1, 0.15) is 28.2 Å². The summed E-state index contributed by atoms with van der Waals surface area (Å²) in [6.07, 6.45) is 0.294. The second-order valence-corrected chi connectivity index (χ2v) is 5.41. The molecule has 0 saturated carbocycles. The van der Waals surface area contributed by atoms with E-state index >= 15 is 0 Å². The molecule has 2 aromatic carbocycles. The highest BCUT2D eigenvalue weighted by molar-refractivity contribution is 5.77. The molecular formula is C18H19FO3. The zero-order chi connectivity index (χ0) is 16.3. The predicted octanol–water partition coefficient (Wildman–Crippen LogP) is 3.86. The van der Waals surface area contributed by atoms with E-state index in [9.17, 15) is 14.3 Å². The molecule has 116 valence electrons. The maximum Gasteiger partial charge on any atom is 0.311 e. The Balaban J connectivity index is 2.45. The van der Waals surface area contributed by atoms with Crippen molar-refractivity contribution in [2.75, 3.05) is 7.11 Å². The Kier molecular flexibility index (Phi) is 4.81. The molecular weight excluding hydrogens is 283 g/mol. The van der Waals surface area contributed by atoms with Crippen LogP contribution in [-0.2, 0) is 11.2 Å². The highest BCUT2D eigenvalue weighted by Gasteiger charge is 2.25. The third-order valence-electron chi connectivity index (χ3n) is 3.79. The SMILES string of the molecule is COc1ccc(F)cc1C(Cc1cc(C)ccc1C)C(=O)O. The van der Waals surface area contributed by atoms with Gasteiger partial charge in [0.25, 0.3) is 0 Å². The fourth-order valence-corrected chi connectivity index (χ4v) is 2.55. The van der Waals surface area contributed by atoms with Crippen LogP contribution in [-0.4, -0.2) is 18.2 Å². The highest BCUT2D eigenvalue weighted by atomic mass is 19.1. The molecule has 0 saturated heterocycles. The minimum absolute atomic E-state index is 0.294. The van der Waals surface area contributed by atoms with Crippen LogP contribution in [0, 0.1) is 19.7 Å². The molecule has 0 aromatic heterocycles. The first-order chi connectivity index (χ1) is 10.4. The van der Waals surface area contributed by atoms with Crippen LogP contribution in [0.15, 0.2) is 36.4 Å². The number of carbonyl (C=O) groups is 1. The molecule has 1 N–H and O–H groups in total. The molecule has 0 aliphatic rings. The van der Waals surface area contributed by atoms with E-state index in [0.29, 0.717) is 17.7 Å². The van der Waals surface area contributed by atoms with Gasteiger partial charge in [-0.25, -0.2) is 4.39 Å². The van der Waals surface area contributed by atoms with Gasteiger partial charge < -0.3 is 9.84 Å². The molecule has 3 nitrogen and oxygen atoms in total. The van der Waals surface area contributed by atoms with Crippen molar-refractivity contribution in [2.24, 2.45) is 0 Å². The standard InChI is InChI=1S/C18H19FO3/c1-11-4-5-12(2)13(8-11)9-16(18(20)21)15-10-14(19)6-7-17(15)22-3/h4-8,10,16H,9H2,1-3H3,(H,20,21). The zero-order valence-corrected chi connectivity index (χ0v) is 12.9. The zero-order valence-electron chi connectivity index (χ0n) is 12.9. The lowest BCUT2D eigenvalue weighted by Gasteiger charge is -2.18. The third-order valence-corrected chi connectivity index (χ3v) is 3.79. The van der Waals surface area contributed by atoms with Crippen molar-refractivity contribution >= 4 is 5.97 Å². The molecule has 0 amide bonds. The minimum atomic E-state index is -0.996. The lowest BCUT2D eigenvalue weighted by molar-refractivity contribution is -0.138. The van der Waals surface area contributed by atoms with Gasteiger partial charge in [-0.2, -0.15) is 0 Å². The van der Waals surface area contributed by atoms with Crippen LogP contribution in [0.4, 0.5) is 4.39 Å². The number of carboxylic acid groups (broad SMARTS) is 1. The van der Waals surface area contributed by atoms with Crippen molar-refractivity contribution < 1.29 is 19.0 Å². The van der Waals surface area contributed by atoms with E-state index in [1.165, 1.54) is 25.3 Å². The molecule has 2 rings (SSSR count). The molecule has 2 aromatic rings. The van der Waals surface area contributed by atoms with Gasteiger partial charge in [0.1, 0.15) is 11.6 Å². The van der Waals surface area contributed by atoms with Crippen LogP contribution >= 0.6 is 0 Å². The summed E-state index contributed by atoms with van der Waals surface area (Å²) in [5, 5.41) is 9.58. The maximum absolute atomic E-state index is 13.5. The quantitative estimate of drug-likeness (QED) is 0.912. The van der Waals surface area contributed by atoms with Gasteiger partial charge in [-0.3, -0.25) is 4.79 Å². The van der Waals surface area contributed by atoms with Crippen molar-refractivity contribution in [2.45, 2.75) is 26.2 Å². The lowest BCUT2D eigenvalue weighted by Crippen LogP contribution is -2.16. The Morgan fingerprint density at radius 3 is 2.59 bits per heavy atom. The van der Waals surface area contributed by atoms with Gasteiger partial charge in [-0.15, -0.1) is 0 Å². The van der Waals surface area contributed by atoms with Crippen molar-refractivity contribution in [3.8, 4) is 5.75 Å². The molecule has 4 heteroatoms. The van der Waals surface area contributed by atoms with E-state index in [-0.39, 0.29) is 0 Å². The number of methoxy groups -OCH3 is 1. The summed E-state index contributed by atoms with van der Waals surface area (Å²) in [7, 11) is 1.45. The van der Waals surface area contributed by atoms with Crippen LogP contribution in [0.3, 0.4) is 0 Å². The van der Waals surface area contributed by atoms with Gasteiger partial charge in [-0.05, 0) is 49.6 Å². The van der Waals surface area contributed by atoms with Gasteiger partial charge in [0.15, 0.2) is 0 Å². The Hall–Kier alpha value is -2.36. The smallest absolute Gasteiger partial charge is 0.311 e. The van der Waals surface area contributed by atoms with Crippen molar-refractivity contribution in [3.05, 3.63) is 64.5 Å². The maximum atomic E-state index is 13.5. The summed E-state index contributed by atoms with van der Waals surface area (Å²) < 4.78 is 18.7. The van der Waals surface area contributed by atoms with Gasteiger partial charge in [0.05, 0.1) is 13.0 Å². The number of hydrogen-bond donors (Lipinski definition) is 1. The van der Waals surface area contributed by atoms with Crippen molar-refractivity contribution in [3.63, 3.8) is 0 Å². The summed E-state index contributed by atoms with van der Waals surface area (Å²) in [6, 6.07) is 9.88. The topological polar surface area (TPSA) is 46.5 Å². The Bertz CT molecular complexity index is 695. The second-order valence-electron chi connectivity index (χ2n) is 5.41. The molecule has 0 aliphatic heterocycles. The summed E-state index contributed by atoms with van der Waals surface area (Å²) >= 11 is 0. The van der Waals surface area contributed by atoms with Crippen LogP contribution in [0.5, 0.6) is 5.75 Å². The number of ether oxygens (including phenoxy) is 1. The van der Waals surface area contributed by atoms with E-state index in [2.05, 4.69) is 0 Å². The molecule has 0 fully saturated rings. The van der Waals surface area contributed by atoms with Crippen LogP contribution in [0.2, 0.25) is 0 Å². The highest BCUT2D eigenvalue weighted by Crippen LogP contribution is 2.31. The predicted molar refractivity (Wildman–Crippen MR) is 82.9 cm³/mol. The Labute approximate surface area is 129 Å². The molecule has 0 aliphatic carbocycles. The lowest BCUT2D eigenvalue weighted by atomic mass is 9.89. The van der Waals surface area contributed by atoms with Gasteiger partial charge in [-0.1, -0.05) is 23.8 Å². The molecule has 22 heavy (non-hydrogen) atoms. The first kappa shape index (κ1) is 16.0. The first-order valence-electron chi connectivity index (χ1n) is 7.04. The van der Waals surface area contributed by atoms with Gasteiger partial charge >= 0.3 is 5.97 Å². The van der Waals surface area contributed by atoms with Gasteiger partial charge in [0.2, 0.25) is 0 Å². The monoisotopic (exact) mass is 302 g/mol. The van der Waals surface area contributed by atoms with E-state index in [4.69, 9.17) is 4.74 Å². The number of halogens is 1. The van der Waals surface area contributed by atoms with E-state index in [1.807, 2.05) is 32.0 Å². The van der Waals surface area contributed by atoms with Crippen LogP contribution in [0.25, 0.3) is 0 Å². The summed E-state index contributed by atoms with van der Waals surface area (Å²) in [4.78, 5) is 11.7. The Morgan fingerprint density at radius 1 is 1.23 bits per heavy atom. The summed E-state index contributed by atoms with van der Waals surface area (Å²) in [6.45, 7) is 3.90. The third kappa shape index (κ3) is 3.45. The van der Waals surface area contributed by atoms with Crippen molar-refractivity contribution in [1.29, 1.82) is 0 Å². The minimum Gasteiger partial charge on any atom is -0.496 e. The average Bonchev–Trinajstić information content (AvgIpc) is 2.47. The number of rotatable bonds is 5. The number of hydrogen-bond acceptors (Lipinski definition) is 2. The second kappa shape index (κ2) is 6.60. The fourth-order valence-electron chi connectivity index (χ4n) is 2.55. The number of carboxylic acids is 1. The van der Waals surface area contributed by atoms with E-state index < -0.39 is 17.7 Å². The van der Waals surface area contributed by atoms with Crippen molar-refractivity contribution in [1.82, 2.24) is 0 Å². The number of aryl methyl sites for hydroxylation is 2. The molecule has 0 spiro atoms. The molecule has 1 atom stereocenters. The molecule has 0 radical (unpaired) electrons.